The number of aryl methyl sites for hydroxylation is 1. The van der Waals surface area contributed by atoms with Crippen molar-refractivity contribution in [2.45, 2.75) is 13.5 Å². The second-order valence-corrected chi connectivity index (χ2v) is 3.78. The molecule has 0 saturated carbocycles. The van der Waals surface area contributed by atoms with Crippen molar-refractivity contribution in [2.24, 2.45) is 0 Å². The van der Waals surface area contributed by atoms with Gasteiger partial charge in [0.1, 0.15) is 5.82 Å². The number of benzene rings is 1. The van der Waals surface area contributed by atoms with Crippen LogP contribution in [0.2, 0.25) is 0 Å². The van der Waals surface area contributed by atoms with Crippen molar-refractivity contribution in [3.8, 4) is 0 Å². The van der Waals surface area contributed by atoms with Gasteiger partial charge in [0.15, 0.2) is 0 Å². The maximum absolute atomic E-state index is 5.74. The molecule has 82 valence electrons. The number of nitrogens with two attached hydrogens (primary N) is 1. The van der Waals surface area contributed by atoms with E-state index in [0.717, 1.165) is 12.2 Å². The van der Waals surface area contributed by atoms with Crippen LogP contribution in [-0.2, 0) is 6.54 Å². The van der Waals surface area contributed by atoms with Gasteiger partial charge in [-0.05, 0) is 24.6 Å². The minimum Gasteiger partial charge on any atom is -0.382 e. The molecule has 3 heteroatoms. The van der Waals surface area contributed by atoms with Crippen LogP contribution in [0.25, 0.3) is 0 Å². The van der Waals surface area contributed by atoms with Gasteiger partial charge in [0.25, 0.3) is 0 Å². The predicted octanol–water partition coefficient (Wildman–Crippen LogP) is 2.58. The summed E-state index contributed by atoms with van der Waals surface area (Å²) in [6, 6.07) is 12.2. The average molecular weight is 213 g/mol. The summed E-state index contributed by atoms with van der Waals surface area (Å²) in [6.07, 6.45) is 1.69. The van der Waals surface area contributed by atoms with Gasteiger partial charge in [-0.2, -0.15) is 0 Å². The lowest BCUT2D eigenvalue weighted by Gasteiger charge is -2.08. The molecular weight excluding hydrogens is 198 g/mol. The average Bonchev–Trinajstić information content (AvgIpc) is 2.28. The highest BCUT2D eigenvalue weighted by atomic mass is 14.9. The normalized spacial score (nSPS) is 10.1. The molecule has 0 saturated heterocycles. The topological polar surface area (TPSA) is 50.9 Å². The summed E-state index contributed by atoms with van der Waals surface area (Å²) in [5, 5.41) is 3.27. The van der Waals surface area contributed by atoms with Crippen molar-refractivity contribution >= 4 is 11.5 Å². The zero-order chi connectivity index (χ0) is 11.4. The third-order valence-corrected chi connectivity index (χ3v) is 2.40. The fraction of sp³-hybridized carbons (Fsp3) is 0.154. The van der Waals surface area contributed by atoms with Crippen LogP contribution >= 0.6 is 0 Å². The molecule has 2 rings (SSSR count). The maximum atomic E-state index is 5.74. The summed E-state index contributed by atoms with van der Waals surface area (Å²) in [7, 11) is 0. The zero-order valence-corrected chi connectivity index (χ0v) is 9.27. The standard InChI is InChI=1S/C13H15N3/c1-10-4-2-5-11(8-10)9-16-12-6-3-7-15-13(12)14/h2-8,16H,9H2,1H3,(H2,14,15). The molecule has 0 aliphatic rings. The monoisotopic (exact) mass is 213 g/mol. The van der Waals surface area contributed by atoms with Crippen LogP contribution in [0.5, 0.6) is 0 Å². The molecule has 0 aliphatic carbocycles. The second kappa shape index (κ2) is 4.66. The van der Waals surface area contributed by atoms with Crippen LogP contribution in [-0.4, -0.2) is 4.98 Å². The third kappa shape index (κ3) is 2.51. The van der Waals surface area contributed by atoms with Gasteiger partial charge in [-0.1, -0.05) is 29.8 Å². The summed E-state index contributed by atoms with van der Waals surface area (Å²) in [4.78, 5) is 4.02. The molecule has 0 aliphatic heterocycles. The molecule has 2 aromatic rings. The number of pyridine rings is 1. The van der Waals surface area contributed by atoms with Gasteiger partial charge < -0.3 is 11.1 Å². The van der Waals surface area contributed by atoms with Gasteiger partial charge in [-0.3, -0.25) is 0 Å². The number of nitrogens with zero attached hydrogens (tertiary/aromatic N) is 1. The highest BCUT2D eigenvalue weighted by molar-refractivity contribution is 5.60. The summed E-state index contributed by atoms with van der Waals surface area (Å²) in [6.45, 7) is 2.85. The summed E-state index contributed by atoms with van der Waals surface area (Å²) < 4.78 is 0. The highest BCUT2D eigenvalue weighted by Crippen LogP contribution is 2.15. The first kappa shape index (κ1) is 10.5. The molecule has 1 heterocycles. The van der Waals surface area contributed by atoms with E-state index in [-0.39, 0.29) is 0 Å². The second-order valence-electron chi connectivity index (χ2n) is 3.78. The quantitative estimate of drug-likeness (QED) is 0.824. The van der Waals surface area contributed by atoms with Gasteiger partial charge in [0, 0.05) is 12.7 Å². The molecule has 0 amide bonds. The lowest BCUT2D eigenvalue weighted by Crippen LogP contribution is -2.03. The molecule has 1 aromatic heterocycles. The number of rotatable bonds is 3. The Kier molecular flexibility index (Phi) is 3.05. The van der Waals surface area contributed by atoms with Crippen molar-refractivity contribution < 1.29 is 0 Å². The van der Waals surface area contributed by atoms with Gasteiger partial charge in [0.2, 0.25) is 0 Å². The highest BCUT2D eigenvalue weighted by Gasteiger charge is 1.98. The number of aromatic nitrogens is 1. The Balaban J connectivity index is 2.05. The molecule has 3 N–H and O–H groups in total. The fourth-order valence-electron chi connectivity index (χ4n) is 1.59. The minimum atomic E-state index is 0.537. The first-order chi connectivity index (χ1) is 7.75. The third-order valence-electron chi connectivity index (χ3n) is 2.40. The van der Waals surface area contributed by atoms with Gasteiger partial charge in [-0.25, -0.2) is 4.98 Å². The molecule has 0 radical (unpaired) electrons. The first-order valence-corrected chi connectivity index (χ1v) is 5.25. The molecule has 16 heavy (non-hydrogen) atoms. The number of nitrogen functional groups attached to an aromatic ring is 1. The Hall–Kier alpha value is -2.03. The van der Waals surface area contributed by atoms with Crippen LogP contribution in [0, 0.1) is 6.92 Å². The molecule has 0 atom stereocenters. The van der Waals surface area contributed by atoms with Crippen LogP contribution < -0.4 is 11.1 Å². The van der Waals surface area contributed by atoms with Gasteiger partial charge in [0.05, 0.1) is 5.69 Å². The number of nitrogens with one attached hydrogen (secondary N) is 1. The molecule has 0 fully saturated rings. The Bertz CT molecular complexity index is 480. The summed E-state index contributed by atoms with van der Waals surface area (Å²) >= 11 is 0. The van der Waals surface area contributed by atoms with E-state index in [1.807, 2.05) is 12.1 Å². The molecule has 0 spiro atoms. The van der Waals surface area contributed by atoms with Crippen molar-refractivity contribution in [3.05, 3.63) is 53.7 Å². The van der Waals surface area contributed by atoms with Gasteiger partial charge in [-0.15, -0.1) is 0 Å². The maximum Gasteiger partial charge on any atom is 0.146 e. The SMILES string of the molecule is Cc1cccc(CNc2cccnc2N)c1. The van der Waals surface area contributed by atoms with Crippen LogP contribution in [0.3, 0.4) is 0 Å². The fourth-order valence-corrected chi connectivity index (χ4v) is 1.59. The first-order valence-electron chi connectivity index (χ1n) is 5.25. The smallest absolute Gasteiger partial charge is 0.146 e. The Labute approximate surface area is 95.3 Å². The van der Waals surface area contributed by atoms with Crippen LogP contribution in [0.1, 0.15) is 11.1 Å². The van der Waals surface area contributed by atoms with E-state index in [2.05, 4.69) is 41.5 Å². The minimum absolute atomic E-state index is 0.537. The lowest BCUT2D eigenvalue weighted by molar-refractivity contribution is 1.13. The van der Waals surface area contributed by atoms with E-state index < -0.39 is 0 Å². The molecule has 0 unspecified atom stereocenters. The van der Waals surface area contributed by atoms with E-state index >= 15 is 0 Å². The van der Waals surface area contributed by atoms with E-state index in [1.54, 1.807) is 6.20 Å². The van der Waals surface area contributed by atoms with E-state index in [9.17, 15) is 0 Å². The van der Waals surface area contributed by atoms with E-state index in [1.165, 1.54) is 11.1 Å². The Morgan fingerprint density at radius 3 is 2.88 bits per heavy atom. The lowest BCUT2D eigenvalue weighted by atomic mass is 10.1. The predicted molar refractivity (Wildman–Crippen MR) is 67.2 cm³/mol. The number of hydrogen-bond acceptors (Lipinski definition) is 3. The largest absolute Gasteiger partial charge is 0.382 e. The van der Waals surface area contributed by atoms with Crippen molar-refractivity contribution in [1.82, 2.24) is 4.98 Å². The zero-order valence-electron chi connectivity index (χ0n) is 9.27. The summed E-state index contributed by atoms with van der Waals surface area (Å²) in [5.41, 5.74) is 9.12. The number of anilines is 2. The van der Waals surface area contributed by atoms with Crippen molar-refractivity contribution in [2.75, 3.05) is 11.1 Å². The van der Waals surface area contributed by atoms with Crippen molar-refractivity contribution in [3.63, 3.8) is 0 Å². The van der Waals surface area contributed by atoms with Crippen LogP contribution in [0.15, 0.2) is 42.6 Å². The van der Waals surface area contributed by atoms with E-state index in [4.69, 9.17) is 5.73 Å². The Morgan fingerprint density at radius 1 is 1.25 bits per heavy atom. The van der Waals surface area contributed by atoms with Crippen LogP contribution in [0.4, 0.5) is 11.5 Å². The van der Waals surface area contributed by atoms with E-state index in [0.29, 0.717) is 5.82 Å². The molecule has 3 nitrogen and oxygen atoms in total. The molecule has 1 aromatic carbocycles. The van der Waals surface area contributed by atoms with Crippen molar-refractivity contribution in [1.29, 1.82) is 0 Å². The number of hydrogen-bond donors (Lipinski definition) is 2. The Morgan fingerprint density at radius 2 is 2.12 bits per heavy atom. The molecule has 0 bridgehead atoms. The van der Waals surface area contributed by atoms with Gasteiger partial charge >= 0.3 is 0 Å². The molecular formula is C13H15N3. The summed E-state index contributed by atoms with van der Waals surface area (Å²) in [5.74, 6) is 0.537.